The molecule has 0 N–H and O–H groups in total. The van der Waals surface area contributed by atoms with Gasteiger partial charge in [0.25, 0.3) is 5.91 Å². The molecular formula is C17H21Cl2N3O3. The van der Waals surface area contributed by atoms with Gasteiger partial charge in [-0.3, -0.25) is 14.5 Å². The number of benzene rings is 1. The lowest BCUT2D eigenvalue weighted by Gasteiger charge is -2.36. The molecule has 2 aliphatic rings. The molecule has 3 rings (SSSR count). The summed E-state index contributed by atoms with van der Waals surface area (Å²) in [4.78, 5) is 30.7. The maximum absolute atomic E-state index is 12.6. The molecule has 2 saturated heterocycles. The number of rotatable bonds is 3. The van der Waals surface area contributed by atoms with Crippen molar-refractivity contribution >= 4 is 35.0 Å². The van der Waals surface area contributed by atoms with Crippen LogP contribution in [0.5, 0.6) is 0 Å². The minimum Gasteiger partial charge on any atom is -0.379 e. The van der Waals surface area contributed by atoms with Crippen molar-refractivity contribution in [1.29, 1.82) is 0 Å². The van der Waals surface area contributed by atoms with Gasteiger partial charge in [0.05, 0.1) is 30.3 Å². The van der Waals surface area contributed by atoms with E-state index in [9.17, 15) is 9.59 Å². The minimum atomic E-state index is -0.123. The largest absolute Gasteiger partial charge is 0.379 e. The van der Waals surface area contributed by atoms with Crippen molar-refractivity contribution in [1.82, 2.24) is 14.7 Å². The molecule has 0 aromatic heterocycles. The van der Waals surface area contributed by atoms with Crippen molar-refractivity contribution in [3.05, 3.63) is 33.8 Å². The average Bonchev–Trinajstić information content (AvgIpc) is 2.62. The van der Waals surface area contributed by atoms with Gasteiger partial charge in [-0.25, -0.2) is 0 Å². The molecule has 25 heavy (non-hydrogen) atoms. The number of morpholine rings is 1. The second kappa shape index (κ2) is 8.36. The van der Waals surface area contributed by atoms with E-state index in [2.05, 4.69) is 4.90 Å². The molecule has 2 heterocycles. The summed E-state index contributed by atoms with van der Waals surface area (Å²) < 4.78 is 5.30. The van der Waals surface area contributed by atoms with E-state index in [-0.39, 0.29) is 11.8 Å². The van der Waals surface area contributed by atoms with Crippen LogP contribution in [0.4, 0.5) is 0 Å². The highest BCUT2D eigenvalue weighted by molar-refractivity contribution is 6.36. The van der Waals surface area contributed by atoms with E-state index in [0.29, 0.717) is 61.5 Å². The van der Waals surface area contributed by atoms with E-state index in [1.807, 2.05) is 4.90 Å². The van der Waals surface area contributed by atoms with E-state index in [0.717, 1.165) is 13.1 Å². The Labute approximate surface area is 157 Å². The molecule has 136 valence electrons. The van der Waals surface area contributed by atoms with Crippen LogP contribution in [-0.2, 0) is 9.53 Å². The van der Waals surface area contributed by atoms with Crippen LogP contribution < -0.4 is 0 Å². The highest BCUT2D eigenvalue weighted by atomic mass is 35.5. The molecule has 2 aliphatic heterocycles. The molecule has 8 heteroatoms. The fourth-order valence-corrected chi connectivity index (χ4v) is 3.53. The lowest BCUT2D eigenvalue weighted by molar-refractivity contribution is -0.134. The number of hydrogen-bond acceptors (Lipinski definition) is 4. The van der Waals surface area contributed by atoms with Gasteiger partial charge in [0.2, 0.25) is 5.91 Å². The Hall–Kier alpha value is -1.34. The zero-order chi connectivity index (χ0) is 17.8. The number of carbonyl (C=O) groups is 2. The van der Waals surface area contributed by atoms with Crippen LogP contribution in [0, 0.1) is 0 Å². The van der Waals surface area contributed by atoms with Crippen LogP contribution in [-0.4, -0.2) is 85.5 Å². The zero-order valence-electron chi connectivity index (χ0n) is 13.9. The second-order valence-corrected chi connectivity index (χ2v) is 7.03. The molecule has 0 aliphatic carbocycles. The molecule has 0 bridgehead atoms. The third-order valence-corrected chi connectivity index (χ3v) is 5.09. The summed E-state index contributed by atoms with van der Waals surface area (Å²) in [7, 11) is 0. The van der Waals surface area contributed by atoms with E-state index in [1.165, 1.54) is 0 Å². The SMILES string of the molecule is O=C(CN1CCOCC1)N1CCN(C(=O)c2ccc(Cl)cc2Cl)CC1. The van der Waals surface area contributed by atoms with Crippen LogP contribution >= 0.6 is 23.2 Å². The van der Waals surface area contributed by atoms with Crippen LogP contribution in [0.15, 0.2) is 18.2 Å². The van der Waals surface area contributed by atoms with Crippen LogP contribution in [0.25, 0.3) is 0 Å². The van der Waals surface area contributed by atoms with Crippen LogP contribution in [0.2, 0.25) is 10.0 Å². The summed E-state index contributed by atoms with van der Waals surface area (Å²) in [5, 5.41) is 0.850. The highest BCUT2D eigenvalue weighted by Gasteiger charge is 2.27. The fourth-order valence-electron chi connectivity index (χ4n) is 3.04. The lowest BCUT2D eigenvalue weighted by atomic mass is 10.1. The summed E-state index contributed by atoms with van der Waals surface area (Å²) in [5.74, 6) is -0.0135. The van der Waals surface area contributed by atoms with Crippen LogP contribution in [0.3, 0.4) is 0 Å². The Morgan fingerprint density at radius 2 is 1.60 bits per heavy atom. The number of amides is 2. The summed E-state index contributed by atoms with van der Waals surface area (Å²) in [5.41, 5.74) is 0.444. The molecule has 6 nitrogen and oxygen atoms in total. The Bertz CT molecular complexity index is 642. The van der Waals surface area contributed by atoms with Crippen molar-refractivity contribution in [3.63, 3.8) is 0 Å². The fraction of sp³-hybridized carbons (Fsp3) is 0.529. The molecule has 0 spiro atoms. The van der Waals surface area contributed by atoms with Gasteiger partial charge in [-0.15, -0.1) is 0 Å². The smallest absolute Gasteiger partial charge is 0.255 e. The predicted octanol–water partition coefficient (Wildman–Crippen LogP) is 1.61. The Morgan fingerprint density at radius 3 is 2.24 bits per heavy atom. The summed E-state index contributed by atoms with van der Waals surface area (Å²) in [6.45, 7) is 5.45. The van der Waals surface area contributed by atoms with Gasteiger partial charge < -0.3 is 14.5 Å². The third kappa shape index (κ3) is 4.64. The Kier molecular flexibility index (Phi) is 6.17. The van der Waals surface area contributed by atoms with Gasteiger partial charge in [0.1, 0.15) is 0 Å². The van der Waals surface area contributed by atoms with Gasteiger partial charge >= 0.3 is 0 Å². The molecule has 0 atom stereocenters. The van der Waals surface area contributed by atoms with Crippen molar-refractivity contribution < 1.29 is 14.3 Å². The second-order valence-electron chi connectivity index (χ2n) is 6.19. The molecule has 0 radical (unpaired) electrons. The average molecular weight is 386 g/mol. The number of nitrogens with zero attached hydrogens (tertiary/aromatic N) is 3. The Morgan fingerprint density at radius 1 is 0.960 bits per heavy atom. The third-order valence-electron chi connectivity index (χ3n) is 4.54. The molecule has 1 aromatic rings. The number of carbonyl (C=O) groups excluding carboxylic acids is 2. The van der Waals surface area contributed by atoms with Crippen molar-refractivity contribution in [3.8, 4) is 0 Å². The van der Waals surface area contributed by atoms with E-state index < -0.39 is 0 Å². The molecule has 2 fully saturated rings. The number of hydrogen-bond donors (Lipinski definition) is 0. The summed E-state index contributed by atoms with van der Waals surface area (Å²) in [6.07, 6.45) is 0. The molecule has 0 unspecified atom stereocenters. The van der Waals surface area contributed by atoms with E-state index >= 15 is 0 Å². The highest BCUT2D eigenvalue weighted by Crippen LogP contribution is 2.22. The molecular weight excluding hydrogens is 365 g/mol. The van der Waals surface area contributed by atoms with Gasteiger partial charge in [-0.1, -0.05) is 23.2 Å². The lowest BCUT2D eigenvalue weighted by Crippen LogP contribution is -2.53. The van der Waals surface area contributed by atoms with Crippen LogP contribution in [0.1, 0.15) is 10.4 Å². The van der Waals surface area contributed by atoms with E-state index in [1.54, 1.807) is 23.1 Å². The molecule has 2 amide bonds. The van der Waals surface area contributed by atoms with Crippen molar-refractivity contribution in [2.45, 2.75) is 0 Å². The predicted molar refractivity (Wildman–Crippen MR) is 96.2 cm³/mol. The number of piperazine rings is 1. The molecule has 1 aromatic carbocycles. The van der Waals surface area contributed by atoms with Gasteiger partial charge in [-0.2, -0.15) is 0 Å². The minimum absolute atomic E-state index is 0.110. The standard InChI is InChI=1S/C17H21Cl2N3O3/c18-13-1-2-14(15(19)11-13)17(24)22-5-3-21(4-6-22)16(23)12-20-7-9-25-10-8-20/h1-2,11H,3-10,12H2. The van der Waals surface area contributed by atoms with E-state index in [4.69, 9.17) is 27.9 Å². The summed E-state index contributed by atoms with van der Waals surface area (Å²) >= 11 is 12.0. The number of halogens is 2. The first-order valence-electron chi connectivity index (χ1n) is 8.37. The normalized spacial score (nSPS) is 19.1. The van der Waals surface area contributed by atoms with Crippen molar-refractivity contribution in [2.24, 2.45) is 0 Å². The van der Waals surface area contributed by atoms with Gasteiger partial charge in [-0.05, 0) is 18.2 Å². The number of ether oxygens (including phenoxy) is 1. The maximum atomic E-state index is 12.6. The quantitative estimate of drug-likeness (QED) is 0.792. The monoisotopic (exact) mass is 385 g/mol. The first-order valence-corrected chi connectivity index (χ1v) is 9.12. The summed E-state index contributed by atoms with van der Waals surface area (Å²) in [6, 6.07) is 4.87. The maximum Gasteiger partial charge on any atom is 0.255 e. The van der Waals surface area contributed by atoms with Gasteiger partial charge in [0.15, 0.2) is 0 Å². The topological polar surface area (TPSA) is 53.1 Å². The molecule has 0 saturated carbocycles. The first-order chi connectivity index (χ1) is 12.0. The van der Waals surface area contributed by atoms with Crippen molar-refractivity contribution in [2.75, 3.05) is 59.0 Å². The van der Waals surface area contributed by atoms with Gasteiger partial charge in [0, 0.05) is 44.3 Å². The first kappa shape index (κ1) is 18.5. The Balaban J connectivity index is 1.52. The zero-order valence-corrected chi connectivity index (χ0v) is 15.4.